The first kappa shape index (κ1) is 16.0. The molecule has 0 atom stereocenters. The Morgan fingerprint density at radius 2 is 2.09 bits per heavy atom. The molecule has 0 amide bonds. The lowest BCUT2D eigenvalue weighted by molar-refractivity contribution is 0.331. The van der Waals surface area contributed by atoms with E-state index in [0.29, 0.717) is 18.3 Å². The second-order valence-corrected chi connectivity index (χ2v) is 7.40. The van der Waals surface area contributed by atoms with Crippen LogP contribution in [0.1, 0.15) is 37.1 Å². The molecule has 0 spiro atoms. The van der Waals surface area contributed by atoms with Gasteiger partial charge in [-0.15, -0.1) is 0 Å². The van der Waals surface area contributed by atoms with Gasteiger partial charge in [-0.2, -0.15) is 5.10 Å². The molecule has 1 N–H and O–H groups in total. The van der Waals surface area contributed by atoms with Gasteiger partial charge in [0.1, 0.15) is 10.6 Å². The van der Waals surface area contributed by atoms with Gasteiger partial charge in [-0.3, -0.25) is 4.68 Å². The zero-order valence-electron chi connectivity index (χ0n) is 13.3. The number of rotatable bonds is 7. The maximum absolute atomic E-state index is 12.5. The Morgan fingerprint density at radius 1 is 1.35 bits per heavy atom. The first-order valence-corrected chi connectivity index (χ1v) is 9.24. The predicted octanol–water partition coefficient (Wildman–Crippen LogP) is 2.17. The second-order valence-electron chi connectivity index (χ2n) is 5.66. The summed E-state index contributed by atoms with van der Waals surface area (Å²) in [6.45, 7) is 2.41. The number of sulfonamides is 1. The van der Waals surface area contributed by atoms with Crippen LogP contribution in [-0.2, 0) is 23.6 Å². The largest absolute Gasteiger partial charge is 0.492 e. The van der Waals surface area contributed by atoms with Crippen LogP contribution in [0.2, 0.25) is 0 Å². The number of aryl methyl sites for hydroxylation is 1. The fraction of sp³-hybridized carbons (Fsp3) is 0.438. The van der Waals surface area contributed by atoms with Crippen LogP contribution in [0.4, 0.5) is 0 Å². The van der Waals surface area contributed by atoms with Gasteiger partial charge in [-0.1, -0.05) is 12.1 Å². The van der Waals surface area contributed by atoms with Crippen molar-refractivity contribution in [3.05, 3.63) is 41.7 Å². The smallest absolute Gasteiger partial charge is 0.244 e. The van der Waals surface area contributed by atoms with Gasteiger partial charge >= 0.3 is 0 Å². The lowest BCUT2D eigenvalue weighted by Crippen LogP contribution is -2.24. The Bertz CT molecular complexity index is 795. The molecule has 0 saturated heterocycles. The zero-order chi connectivity index (χ0) is 16.4. The Hall–Kier alpha value is -1.86. The number of nitrogens with zero attached hydrogens (tertiary/aromatic N) is 2. The first-order chi connectivity index (χ1) is 11.0. The van der Waals surface area contributed by atoms with Gasteiger partial charge < -0.3 is 4.74 Å². The minimum Gasteiger partial charge on any atom is -0.492 e. The van der Waals surface area contributed by atoms with Gasteiger partial charge in [0.2, 0.25) is 10.0 Å². The van der Waals surface area contributed by atoms with Crippen LogP contribution >= 0.6 is 0 Å². The number of hydrogen-bond donors (Lipinski definition) is 1. The maximum Gasteiger partial charge on any atom is 0.244 e. The van der Waals surface area contributed by atoms with Crippen LogP contribution in [0, 0.1) is 0 Å². The molecule has 0 unspecified atom stereocenters. The van der Waals surface area contributed by atoms with Gasteiger partial charge in [-0.25, -0.2) is 13.1 Å². The lowest BCUT2D eigenvalue weighted by atomic mass is 10.2. The van der Waals surface area contributed by atoms with Gasteiger partial charge in [0.25, 0.3) is 0 Å². The summed E-state index contributed by atoms with van der Waals surface area (Å²) < 4.78 is 34.9. The van der Waals surface area contributed by atoms with Crippen molar-refractivity contribution in [2.75, 3.05) is 6.61 Å². The van der Waals surface area contributed by atoms with Crippen molar-refractivity contribution in [1.29, 1.82) is 0 Å². The Kier molecular flexibility index (Phi) is 4.41. The van der Waals surface area contributed by atoms with E-state index in [1.807, 2.05) is 24.7 Å². The second kappa shape index (κ2) is 6.33. The van der Waals surface area contributed by atoms with E-state index in [9.17, 15) is 8.42 Å². The molecule has 3 rings (SSSR count). The van der Waals surface area contributed by atoms with E-state index < -0.39 is 10.0 Å². The molecule has 1 heterocycles. The van der Waals surface area contributed by atoms with Crippen molar-refractivity contribution in [2.45, 2.75) is 37.1 Å². The standard InChI is InChI=1S/C16H21N3O3S/c1-3-22-15-6-4-5-7-16(15)23(20,21)17-11-13-10-14(12-8-9-12)19(2)18-13/h4-7,10,12,17H,3,8-9,11H2,1-2H3. The molecule has 0 radical (unpaired) electrons. The molecule has 2 aromatic rings. The topological polar surface area (TPSA) is 73.2 Å². The summed E-state index contributed by atoms with van der Waals surface area (Å²) >= 11 is 0. The average molecular weight is 335 g/mol. The van der Waals surface area contributed by atoms with Crippen LogP contribution in [0.15, 0.2) is 35.2 Å². The molecule has 7 heteroatoms. The normalized spacial score (nSPS) is 14.9. The minimum absolute atomic E-state index is 0.153. The van der Waals surface area contributed by atoms with E-state index in [-0.39, 0.29) is 11.4 Å². The highest BCUT2D eigenvalue weighted by atomic mass is 32.2. The third-order valence-electron chi connectivity index (χ3n) is 3.84. The molecule has 0 bridgehead atoms. The molecule has 6 nitrogen and oxygen atoms in total. The highest BCUT2D eigenvalue weighted by Gasteiger charge is 2.27. The SMILES string of the molecule is CCOc1ccccc1S(=O)(=O)NCc1cc(C2CC2)n(C)n1. The van der Waals surface area contributed by atoms with E-state index in [4.69, 9.17) is 4.74 Å². The van der Waals surface area contributed by atoms with E-state index in [1.54, 1.807) is 24.3 Å². The molecule has 124 valence electrons. The molecule has 1 aliphatic rings. The quantitative estimate of drug-likeness (QED) is 0.842. The van der Waals surface area contributed by atoms with Crippen molar-refractivity contribution >= 4 is 10.0 Å². The number of aromatic nitrogens is 2. The van der Waals surface area contributed by atoms with E-state index in [1.165, 1.54) is 18.5 Å². The van der Waals surface area contributed by atoms with Crippen molar-refractivity contribution < 1.29 is 13.2 Å². The summed E-state index contributed by atoms with van der Waals surface area (Å²) in [6.07, 6.45) is 2.37. The van der Waals surface area contributed by atoms with E-state index >= 15 is 0 Å². The third kappa shape index (κ3) is 3.56. The molecule has 0 aliphatic heterocycles. The van der Waals surface area contributed by atoms with E-state index in [0.717, 1.165) is 5.69 Å². The molecule has 1 aromatic carbocycles. The molecule has 23 heavy (non-hydrogen) atoms. The fourth-order valence-corrected chi connectivity index (χ4v) is 3.73. The molecular weight excluding hydrogens is 314 g/mol. The molecular formula is C16H21N3O3S. The van der Waals surface area contributed by atoms with Crippen LogP contribution in [0.25, 0.3) is 0 Å². The van der Waals surface area contributed by atoms with Crippen LogP contribution in [-0.4, -0.2) is 24.8 Å². The molecule has 1 aromatic heterocycles. The summed E-state index contributed by atoms with van der Waals surface area (Å²) in [5, 5.41) is 4.39. The summed E-state index contributed by atoms with van der Waals surface area (Å²) in [7, 11) is -1.74. The highest BCUT2D eigenvalue weighted by molar-refractivity contribution is 7.89. The average Bonchev–Trinajstić information content (AvgIpc) is 3.29. The van der Waals surface area contributed by atoms with Crippen LogP contribution in [0.5, 0.6) is 5.75 Å². The summed E-state index contributed by atoms with van der Waals surface area (Å²) in [4.78, 5) is 0.153. The number of nitrogens with one attached hydrogen (secondary N) is 1. The lowest BCUT2D eigenvalue weighted by Gasteiger charge is -2.11. The Labute approximate surface area is 136 Å². The van der Waals surface area contributed by atoms with Crippen molar-refractivity contribution in [1.82, 2.24) is 14.5 Å². The summed E-state index contributed by atoms with van der Waals surface area (Å²) in [5.41, 5.74) is 1.90. The van der Waals surface area contributed by atoms with Gasteiger partial charge in [-0.05, 0) is 38.0 Å². The predicted molar refractivity (Wildman–Crippen MR) is 86.8 cm³/mol. The van der Waals surface area contributed by atoms with Crippen molar-refractivity contribution in [3.8, 4) is 5.75 Å². The number of para-hydroxylation sites is 1. The van der Waals surface area contributed by atoms with Gasteiger partial charge in [0, 0.05) is 18.7 Å². The van der Waals surface area contributed by atoms with E-state index in [2.05, 4.69) is 9.82 Å². The first-order valence-electron chi connectivity index (χ1n) is 7.75. The van der Waals surface area contributed by atoms with Crippen molar-refractivity contribution in [3.63, 3.8) is 0 Å². The fourth-order valence-electron chi connectivity index (χ4n) is 2.58. The maximum atomic E-state index is 12.5. The highest BCUT2D eigenvalue weighted by Crippen LogP contribution is 2.39. The molecule has 1 fully saturated rings. The van der Waals surface area contributed by atoms with Crippen LogP contribution in [0.3, 0.4) is 0 Å². The summed E-state index contributed by atoms with van der Waals surface area (Å²) in [6, 6.07) is 8.62. The van der Waals surface area contributed by atoms with Crippen molar-refractivity contribution in [2.24, 2.45) is 7.05 Å². The summed E-state index contributed by atoms with van der Waals surface area (Å²) in [5.74, 6) is 0.943. The minimum atomic E-state index is -3.64. The number of hydrogen-bond acceptors (Lipinski definition) is 4. The molecule has 1 saturated carbocycles. The third-order valence-corrected chi connectivity index (χ3v) is 5.28. The Morgan fingerprint density at radius 3 is 2.78 bits per heavy atom. The number of benzene rings is 1. The number of ether oxygens (including phenoxy) is 1. The van der Waals surface area contributed by atoms with Gasteiger partial charge in [0.05, 0.1) is 18.8 Å². The molecule has 1 aliphatic carbocycles. The zero-order valence-corrected chi connectivity index (χ0v) is 14.1. The van der Waals surface area contributed by atoms with Gasteiger partial charge in [0.15, 0.2) is 0 Å². The van der Waals surface area contributed by atoms with Crippen LogP contribution < -0.4 is 9.46 Å². The monoisotopic (exact) mass is 335 g/mol. The Balaban J connectivity index is 1.75.